The predicted molar refractivity (Wildman–Crippen MR) is 91.1 cm³/mol. The first kappa shape index (κ1) is 15.7. The Bertz CT molecular complexity index is 789. The molecule has 0 unspecified atom stereocenters. The van der Waals surface area contributed by atoms with Crippen molar-refractivity contribution in [1.29, 1.82) is 5.26 Å². The number of nitrogens with zero attached hydrogens (tertiary/aromatic N) is 4. The Labute approximate surface area is 140 Å². The zero-order valence-electron chi connectivity index (χ0n) is 13.0. The molecule has 0 radical (unpaired) electrons. The van der Waals surface area contributed by atoms with Crippen molar-refractivity contribution in [2.24, 2.45) is 0 Å². The average molecular weight is 326 g/mol. The van der Waals surface area contributed by atoms with E-state index in [2.05, 4.69) is 16.0 Å². The van der Waals surface area contributed by atoms with E-state index < -0.39 is 0 Å². The molecule has 2 aromatic rings. The first-order valence-corrected chi connectivity index (χ1v) is 7.99. The quantitative estimate of drug-likeness (QED) is 0.812. The molecule has 5 nitrogen and oxygen atoms in total. The van der Waals surface area contributed by atoms with E-state index in [0.29, 0.717) is 35.8 Å². The summed E-state index contributed by atoms with van der Waals surface area (Å²) < 4.78 is 7.84. The molecule has 1 aliphatic heterocycles. The number of rotatable bonds is 3. The topological polar surface area (TPSA) is 54.1 Å². The smallest absolute Gasteiger partial charge is 0.151 e. The molecule has 3 rings (SSSR count). The second-order valence-corrected chi connectivity index (χ2v) is 5.83. The van der Waals surface area contributed by atoms with E-state index in [1.807, 2.05) is 41.8 Å². The van der Waals surface area contributed by atoms with E-state index >= 15 is 0 Å². The van der Waals surface area contributed by atoms with Gasteiger partial charge in [-0.3, -0.25) is 0 Å². The molecule has 0 aliphatic carbocycles. The predicted octanol–water partition coefficient (Wildman–Crippen LogP) is 2.68. The molecule has 0 bridgehead atoms. The van der Waals surface area contributed by atoms with Crippen LogP contribution in [0.15, 0.2) is 30.3 Å². The highest BCUT2D eigenvalue weighted by molar-refractivity contribution is 7.71. The average Bonchev–Trinajstić information content (AvgIpc) is 2.60. The van der Waals surface area contributed by atoms with Crippen LogP contribution in [0.4, 0.5) is 5.82 Å². The zero-order valence-corrected chi connectivity index (χ0v) is 13.8. The summed E-state index contributed by atoms with van der Waals surface area (Å²) in [5, 5.41) is 9.58. The molecule has 1 saturated heterocycles. The largest absolute Gasteiger partial charge is 0.378 e. The molecule has 0 saturated carbocycles. The van der Waals surface area contributed by atoms with Gasteiger partial charge in [-0.1, -0.05) is 42.5 Å². The highest BCUT2D eigenvalue weighted by Gasteiger charge is 2.19. The SMILES string of the molecule is Cc1nc(N2CCOCC2)c(C#N)c(=S)n1Cc1ccccc1. The Morgan fingerprint density at radius 3 is 2.61 bits per heavy atom. The van der Waals surface area contributed by atoms with Crippen molar-refractivity contribution in [2.75, 3.05) is 31.2 Å². The van der Waals surface area contributed by atoms with E-state index in [4.69, 9.17) is 17.0 Å². The highest BCUT2D eigenvalue weighted by atomic mass is 32.1. The van der Waals surface area contributed by atoms with Crippen molar-refractivity contribution in [3.8, 4) is 6.07 Å². The fourth-order valence-corrected chi connectivity index (χ4v) is 3.03. The van der Waals surface area contributed by atoms with Crippen LogP contribution in [0.1, 0.15) is 17.0 Å². The van der Waals surface area contributed by atoms with Crippen molar-refractivity contribution in [3.05, 3.63) is 51.9 Å². The number of benzene rings is 1. The Morgan fingerprint density at radius 1 is 1.26 bits per heavy atom. The Morgan fingerprint density at radius 2 is 1.96 bits per heavy atom. The first-order chi connectivity index (χ1) is 11.2. The molecule has 0 N–H and O–H groups in total. The Hall–Kier alpha value is -2.23. The van der Waals surface area contributed by atoms with Gasteiger partial charge in [0.1, 0.15) is 22.1 Å². The second-order valence-electron chi connectivity index (χ2n) is 5.45. The summed E-state index contributed by atoms with van der Waals surface area (Å²) in [7, 11) is 0. The normalized spacial score (nSPS) is 14.5. The van der Waals surface area contributed by atoms with Crippen LogP contribution in [0.5, 0.6) is 0 Å². The number of morpholine rings is 1. The minimum atomic E-state index is 0.475. The molecule has 0 amide bonds. The lowest BCUT2D eigenvalue weighted by Gasteiger charge is -2.29. The van der Waals surface area contributed by atoms with Gasteiger partial charge in [-0.2, -0.15) is 5.26 Å². The van der Waals surface area contributed by atoms with Crippen LogP contribution < -0.4 is 4.90 Å². The third kappa shape index (κ3) is 3.26. The number of anilines is 1. The van der Waals surface area contributed by atoms with Gasteiger partial charge in [-0.25, -0.2) is 4.98 Å². The van der Waals surface area contributed by atoms with Gasteiger partial charge >= 0.3 is 0 Å². The molecule has 118 valence electrons. The number of ether oxygens (including phenoxy) is 1. The molecular formula is C17H18N4OS. The summed E-state index contributed by atoms with van der Waals surface area (Å²) in [5.41, 5.74) is 1.61. The number of aromatic nitrogens is 2. The summed E-state index contributed by atoms with van der Waals surface area (Å²) in [6, 6.07) is 12.3. The van der Waals surface area contributed by atoms with Crippen LogP contribution in [0.3, 0.4) is 0 Å². The lowest BCUT2D eigenvalue weighted by molar-refractivity contribution is 0.122. The van der Waals surface area contributed by atoms with E-state index in [-0.39, 0.29) is 0 Å². The molecule has 6 heteroatoms. The van der Waals surface area contributed by atoms with E-state index in [0.717, 1.165) is 24.5 Å². The fourth-order valence-electron chi connectivity index (χ4n) is 2.70. The molecule has 2 heterocycles. The lowest BCUT2D eigenvalue weighted by Crippen LogP contribution is -2.37. The maximum absolute atomic E-state index is 9.58. The van der Waals surface area contributed by atoms with Crippen molar-refractivity contribution in [2.45, 2.75) is 13.5 Å². The van der Waals surface area contributed by atoms with Crippen molar-refractivity contribution in [1.82, 2.24) is 9.55 Å². The monoisotopic (exact) mass is 326 g/mol. The van der Waals surface area contributed by atoms with Crippen LogP contribution in [0, 0.1) is 22.9 Å². The van der Waals surface area contributed by atoms with Crippen molar-refractivity contribution in [3.63, 3.8) is 0 Å². The van der Waals surface area contributed by atoms with Gasteiger partial charge in [0.25, 0.3) is 0 Å². The van der Waals surface area contributed by atoms with Crippen LogP contribution in [-0.2, 0) is 11.3 Å². The van der Waals surface area contributed by atoms with Crippen LogP contribution in [0.2, 0.25) is 0 Å². The third-order valence-electron chi connectivity index (χ3n) is 3.95. The third-order valence-corrected chi connectivity index (χ3v) is 4.37. The molecule has 1 fully saturated rings. The van der Waals surface area contributed by atoms with Gasteiger partial charge in [-0.05, 0) is 12.5 Å². The summed E-state index contributed by atoms with van der Waals surface area (Å²) in [4.78, 5) is 6.75. The van der Waals surface area contributed by atoms with E-state index in [1.54, 1.807) is 0 Å². The van der Waals surface area contributed by atoms with Crippen LogP contribution in [0.25, 0.3) is 0 Å². The first-order valence-electron chi connectivity index (χ1n) is 7.59. The molecule has 1 aliphatic rings. The van der Waals surface area contributed by atoms with Gasteiger partial charge in [0.15, 0.2) is 5.82 Å². The fraction of sp³-hybridized carbons (Fsp3) is 0.353. The number of hydrogen-bond donors (Lipinski definition) is 0. The Kier molecular flexibility index (Phi) is 4.70. The number of hydrogen-bond acceptors (Lipinski definition) is 5. The maximum atomic E-state index is 9.58. The van der Waals surface area contributed by atoms with E-state index in [9.17, 15) is 5.26 Å². The minimum Gasteiger partial charge on any atom is -0.378 e. The molecule has 1 aromatic carbocycles. The summed E-state index contributed by atoms with van der Waals surface area (Å²) in [6.07, 6.45) is 0. The summed E-state index contributed by atoms with van der Waals surface area (Å²) in [6.45, 7) is 5.33. The number of aryl methyl sites for hydroxylation is 1. The maximum Gasteiger partial charge on any atom is 0.151 e. The second kappa shape index (κ2) is 6.90. The van der Waals surface area contributed by atoms with Crippen molar-refractivity contribution >= 4 is 18.0 Å². The number of nitriles is 1. The zero-order chi connectivity index (χ0) is 16.2. The van der Waals surface area contributed by atoms with E-state index in [1.165, 1.54) is 0 Å². The summed E-state index contributed by atoms with van der Waals surface area (Å²) >= 11 is 5.58. The Balaban J connectivity index is 2.03. The minimum absolute atomic E-state index is 0.475. The van der Waals surface area contributed by atoms with Crippen LogP contribution in [-0.4, -0.2) is 35.9 Å². The molecule has 0 spiro atoms. The standard InChI is InChI=1S/C17H18N4OS/c1-13-19-16(20-7-9-22-10-8-20)15(11-18)17(23)21(13)12-14-5-3-2-4-6-14/h2-6H,7-10,12H2,1H3. The summed E-state index contributed by atoms with van der Waals surface area (Å²) in [5.74, 6) is 1.50. The lowest BCUT2D eigenvalue weighted by atomic mass is 10.2. The van der Waals surface area contributed by atoms with Crippen LogP contribution >= 0.6 is 12.2 Å². The van der Waals surface area contributed by atoms with Gasteiger partial charge in [0, 0.05) is 13.1 Å². The molecular weight excluding hydrogens is 308 g/mol. The van der Waals surface area contributed by atoms with Gasteiger partial charge in [-0.15, -0.1) is 0 Å². The van der Waals surface area contributed by atoms with Gasteiger partial charge in [0.05, 0.1) is 19.8 Å². The van der Waals surface area contributed by atoms with Crippen molar-refractivity contribution < 1.29 is 4.74 Å². The molecule has 0 atom stereocenters. The molecule has 23 heavy (non-hydrogen) atoms. The highest BCUT2D eigenvalue weighted by Crippen LogP contribution is 2.21. The van der Waals surface area contributed by atoms with Gasteiger partial charge in [0.2, 0.25) is 0 Å². The van der Waals surface area contributed by atoms with Gasteiger partial charge < -0.3 is 14.2 Å². The molecule has 1 aromatic heterocycles.